The normalized spacial score (nSPS) is 16.5. The summed E-state index contributed by atoms with van der Waals surface area (Å²) in [4.78, 5) is 13.8. The van der Waals surface area contributed by atoms with E-state index in [9.17, 15) is 26.4 Å². The van der Waals surface area contributed by atoms with Crippen LogP contribution < -0.4 is 9.62 Å². The Kier molecular flexibility index (Phi) is 7.75. The second kappa shape index (κ2) is 10.2. The van der Waals surface area contributed by atoms with Crippen LogP contribution in [0, 0.1) is 0 Å². The van der Waals surface area contributed by atoms with Gasteiger partial charge in [-0.15, -0.1) is 20.4 Å². The molecule has 0 saturated carbocycles. The maximum Gasteiger partial charge on any atom is 0.516 e. The lowest BCUT2D eigenvalue weighted by Crippen LogP contribution is -2.38. The van der Waals surface area contributed by atoms with E-state index in [1.165, 1.54) is 12.1 Å². The zero-order chi connectivity index (χ0) is 25.1. The number of carbonyl (C=O) groups excluding carboxylic acids is 1. The van der Waals surface area contributed by atoms with Gasteiger partial charge in [-0.2, -0.15) is 21.6 Å². The molecule has 186 valence electrons. The lowest BCUT2D eigenvalue weighted by atomic mass is 9.95. The van der Waals surface area contributed by atoms with Crippen LogP contribution in [0.15, 0.2) is 22.4 Å². The quantitative estimate of drug-likeness (QED) is 0.386. The van der Waals surface area contributed by atoms with Gasteiger partial charge in [0.25, 0.3) is 5.13 Å². The molecule has 1 aromatic carbocycles. The molecule has 3 rings (SSSR count). The molecule has 1 atom stereocenters. The number of hydrogen-bond donors (Lipinski definition) is 1. The van der Waals surface area contributed by atoms with Crippen LogP contribution in [-0.4, -0.2) is 49.3 Å². The smallest absolute Gasteiger partial charge is 0.461 e. The van der Waals surface area contributed by atoms with Crippen molar-refractivity contribution in [2.75, 3.05) is 22.8 Å². The first kappa shape index (κ1) is 25.8. The van der Waals surface area contributed by atoms with Crippen LogP contribution in [-0.2, 0) is 21.2 Å². The van der Waals surface area contributed by atoms with Crippen molar-refractivity contribution < 1.29 is 31.1 Å². The van der Waals surface area contributed by atoms with Gasteiger partial charge in [-0.1, -0.05) is 18.3 Å². The number of halogens is 3. The molecule has 0 amide bonds. The summed E-state index contributed by atoms with van der Waals surface area (Å²) in [6.45, 7) is 6.40. The lowest BCUT2D eigenvalue weighted by Gasteiger charge is -2.37. The molecule has 34 heavy (non-hydrogen) atoms. The maximum atomic E-state index is 13.1. The number of azo groups is 1. The number of nitrogens with zero attached hydrogens (tertiary/aromatic N) is 5. The van der Waals surface area contributed by atoms with Crippen LogP contribution in [0.1, 0.15) is 49.0 Å². The first-order valence-electron chi connectivity index (χ1n) is 10.4. The van der Waals surface area contributed by atoms with E-state index >= 15 is 0 Å². The molecule has 0 spiro atoms. The van der Waals surface area contributed by atoms with Crippen LogP contribution in [0.2, 0.25) is 0 Å². The molecule has 1 aliphatic heterocycles. The number of aryl methyl sites for hydroxylation is 1. The van der Waals surface area contributed by atoms with Gasteiger partial charge in [0.15, 0.2) is 0 Å². The fraction of sp³-hybridized carbons (Fsp3) is 0.526. The van der Waals surface area contributed by atoms with Crippen molar-refractivity contribution in [3.05, 3.63) is 22.7 Å². The number of anilines is 2. The van der Waals surface area contributed by atoms with Crippen LogP contribution in [0.4, 0.5) is 35.4 Å². The molecular formula is C19H23F3N6O4S2. The highest BCUT2D eigenvalue weighted by Gasteiger charge is 2.46. The number of hydrogen-bond acceptors (Lipinski definition) is 10. The summed E-state index contributed by atoms with van der Waals surface area (Å²) in [6.07, 6.45) is 2.25. The predicted octanol–water partition coefficient (Wildman–Crippen LogP) is 4.94. The molecule has 0 saturated heterocycles. The maximum absolute atomic E-state index is 13.1. The average Bonchev–Trinajstić information content (AvgIpc) is 3.23. The number of rotatable bonds is 8. The van der Waals surface area contributed by atoms with Crippen molar-refractivity contribution in [2.24, 2.45) is 10.2 Å². The van der Waals surface area contributed by atoms with E-state index in [4.69, 9.17) is 4.74 Å². The Hall–Kier alpha value is -2.81. The first-order chi connectivity index (χ1) is 16.0. The summed E-state index contributed by atoms with van der Waals surface area (Å²) >= 11 is 0.775. The number of ether oxygens (including phenoxy) is 1. The average molecular weight is 521 g/mol. The summed E-state index contributed by atoms with van der Waals surface area (Å²) in [5, 5.41) is 15.0. The van der Waals surface area contributed by atoms with E-state index in [0.717, 1.165) is 29.7 Å². The topological polar surface area (TPSA) is 126 Å². The van der Waals surface area contributed by atoms with Gasteiger partial charge in [0.2, 0.25) is 5.01 Å². The number of carbonyl (C=O) groups is 1. The predicted molar refractivity (Wildman–Crippen MR) is 121 cm³/mol. The third-order valence-electron chi connectivity index (χ3n) is 4.99. The highest BCUT2D eigenvalue weighted by molar-refractivity contribution is 7.93. The molecule has 0 bridgehead atoms. The lowest BCUT2D eigenvalue weighted by molar-refractivity contribution is -0.0429. The van der Waals surface area contributed by atoms with Gasteiger partial charge in [0, 0.05) is 18.3 Å². The first-order valence-corrected chi connectivity index (χ1v) is 12.7. The summed E-state index contributed by atoms with van der Waals surface area (Å²) < 4.78 is 69.3. The van der Waals surface area contributed by atoms with Crippen molar-refractivity contribution >= 4 is 49.5 Å². The third kappa shape index (κ3) is 5.63. The number of fused-ring (bicyclic) bond motifs is 1. The van der Waals surface area contributed by atoms with E-state index in [2.05, 4.69) is 20.4 Å². The number of aromatic nitrogens is 2. The molecule has 15 heteroatoms. The summed E-state index contributed by atoms with van der Waals surface area (Å²) in [7, 11) is -5.70. The largest absolute Gasteiger partial charge is 0.516 e. The standard InChI is InChI=1S/C19H23F3N6O4S2/c1-4-8-28-11(3)6-7-12-9-13(14(10-15(12)28)27-34(30,31)19(20,21)22)23-25-18-26-24-16(33-18)17(29)32-5-2/h9-11,27H,4-8H2,1-3H3. The Labute approximate surface area is 198 Å². The molecular weight excluding hydrogens is 497 g/mol. The van der Waals surface area contributed by atoms with Gasteiger partial charge < -0.3 is 9.64 Å². The second-order valence-electron chi connectivity index (χ2n) is 7.44. The molecule has 1 unspecified atom stereocenters. The number of benzene rings is 1. The number of sulfonamides is 1. The van der Waals surface area contributed by atoms with Gasteiger partial charge in [-0.25, -0.2) is 4.79 Å². The zero-order valence-corrected chi connectivity index (χ0v) is 20.2. The minimum absolute atomic E-state index is 0.0494. The molecule has 0 fully saturated rings. The monoisotopic (exact) mass is 520 g/mol. The SMILES string of the molecule is CCCN1c2cc(NS(=O)(=O)C(F)(F)F)c(N=Nc3nnc(C(=O)OCC)s3)cc2CCC1C. The van der Waals surface area contributed by atoms with Crippen molar-refractivity contribution in [2.45, 2.75) is 51.6 Å². The highest BCUT2D eigenvalue weighted by Crippen LogP contribution is 2.41. The van der Waals surface area contributed by atoms with Crippen LogP contribution in [0.3, 0.4) is 0 Å². The van der Waals surface area contributed by atoms with Crippen molar-refractivity contribution in [3.63, 3.8) is 0 Å². The van der Waals surface area contributed by atoms with Gasteiger partial charge >= 0.3 is 21.5 Å². The number of esters is 1. The molecule has 0 aliphatic carbocycles. The second-order valence-corrected chi connectivity index (χ2v) is 10.1. The van der Waals surface area contributed by atoms with E-state index in [1.807, 2.05) is 18.7 Å². The van der Waals surface area contributed by atoms with Crippen LogP contribution >= 0.6 is 11.3 Å². The van der Waals surface area contributed by atoms with Crippen LogP contribution in [0.25, 0.3) is 0 Å². The van der Waals surface area contributed by atoms with Crippen molar-refractivity contribution in [1.82, 2.24) is 10.2 Å². The van der Waals surface area contributed by atoms with Gasteiger partial charge in [-0.05, 0) is 50.8 Å². The van der Waals surface area contributed by atoms with Crippen LogP contribution in [0.5, 0.6) is 0 Å². The fourth-order valence-corrected chi connectivity index (χ4v) is 4.55. The fourth-order valence-electron chi connectivity index (χ4n) is 3.42. The van der Waals surface area contributed by atoms with Crippen molar-refractivity contribution in [3.8, 4) is 0 Å². The molecule has 1 N–H and O–H groups in total. The Morgan fingerprint density at radius 1 is 1.29 bits per heavy atom. The molecule has 2 heterocycles. The highest BCUT2D eigenvalue weighted by atomic mass is 32.2. The Morgan fingerprint density at radius 3 is 2.68 bits per heavy atom. The van der Waals surface area contributed by atoms with Crippen molar-refractivity contribution in [1.29, 1.82) is 0 Å². The minimum Gasteiger partial charge on any atom is -0.461 e. The number of nitrogens with one attached hydrogen (secondary N) is 1. The summed E-state index contributed by atoms with van der Waals surface area (Å²) in [6, 6.07) is 2.99. The minimum atomic E-state index is -5.70. The van der Waals surface area contributed by atoms with Gasteiger partial charge in [0.1, 0.15) is 5.69 Å². The van der Waals surface area contributed by atoms with Gasteiger partial charge in [0.05, 0.1) is 12.3 Å². The van der Waals surface area contributed by atoms with E-state index in [0.29, 0.717) is 18.7 Å². The third-order valence-corrected chi connectivity index (χ3v) is 6.88. The molecule has 1 aromatic heterocycles. The summed E-state index contributed by atoms with van der Waals surface area (Å²) in [5.41, 5.74) is -4.56. The zero-order valence-electron chi connectivity index (χ0n) is 18.6. The Balaban J connectivity index is 2.03. The molecule has 1 aliphatic rings. The summed E-state index contributed by atoms with van der Waals surface area (Å²) in [5.74, 6) is -0.695. The number of alkyl halides is 3. The Bertz CT molecular complexity index is 1180. The molecule has 0 radical (unpaired) electrons. The van der Waals surface area contributed by atoms with E-state index in [1.54, 1.807) is 11.6 Å². The molecule has 2 aromatic rings. The van der Waals surface area contributed by atoms with E-state index in [-0.39, 0.29) is 34.2 Å². The Morgan fingerprint density at radius 2 is 2.03 bits per heavy atom. The molecule has 10 nitrogen and oxygen atoms in total. The van der Waals surface area contributed by atoms with E-state index < -0.39 is 21.5 Å². The van der Waals surface area contributed by atoms with Gasteiger partial charge in [-0.3, -0.25) is 4.72 Å².